The van der Waals surface area contributed by atoms with Crippen LogP contribution in [0.25, 0.3) is 0 Å². The summed E-state index contributed by atoms with van der Waals surface area (Å²) in [6.07, 6.45) is 0.988. The fourth-order valence-corrected chi connectivity index (χ4v) is 1.68. The number of carbonyl (C=O) groups excluding carboxylic acids is 1. The first-order valence-electron chi connectivity index (χ1n) is 5.75. The van der Waals surface area contributed by atoms with Gasteiger partial charge in [-0.15, -0.1) is 0 Å². The monoisotopic (exact) mass is 255 g/mol. The molecule has 1 aromatic rings. The highest BCUT2D eigenvalue weighted by Crippen LogP contribution is 2.21. The molecule has 4 nitrogen and oxygen atoms in total. The van der Waals surface area contributed by atoms with Gasteiger partial charge in [-0.1, -0.05) is 0 Å². The maximum atomic E-state index is 13.0. The van der Waals surface area contributed by atoms with Crippen LogP contribution in [0, 0.1) is 5.82 Å². The Labute approximate surface area is 106 Å². The van der Waals surface area contributed by atoms with Crippen LogP contribution in [-0.4, -0.2) is 31.8 Å². The van der Waals surface area contributed by atoms with Gasteiger partial charge in [-0.25, -0.2) is 4.39 Å². The highest BCUT2D eigenvalue weighted by molar-refractivity contribution is 5.93. The zero-order valence-electron chi connectivity index (χ0n) is 10.6. The van der Waals surface area contributed by atoms with Crippen LogP contribution < -0.4 is 4.90 Å². The summed E-state index contributed by atoms with van der Waals surface area (Å²) in [5.74, 6) is -0.517. The zero-order chi connectivity index (χ0) is 13.5. The van der Waals surface area contributed by atoms with Crippen LogP contribution in [0.1, 0.15) is 18.4 Å². The Balaban J connectivity index is 2.76. The van der Waals surface area contributed by atoms with Crippen molar-refractivity contribution >= 4 is 11.6 Å². The molecule has 0 fully saturated rings. The lowest BCUT2D eigenvalue weighted by Gasteiger charge is -2.20. The summed E-state index contributed by atoms with van der Waals surface area (Å²) >= 11 is 0. The number of halogens is 1. The molecule has 1 N–H and O–H groups in total. The molecule has 0 spiro atoms. The fraction of sp³-hybridized carbons (Fsp3) is 0.462. The second kappa shape index (κ2) is 7.08. The van der Waals surface area contributed by atoms with Crippen molar-refractivity contribution < 1.29 is 19.0 Å². The van der Waals surface area contributed by atoms with E-state index < -0.39 is 5.82 Å². The summed E-state index contributed by atoms with van der Waals surface area (Å²) in [5.41, 5.74) is 0.930. The highest BCUT2D eigenvalue weighted by atomic mass is 19.1. The van der Waals surface area contributed by atoms with Crippen molar-refractivity contribution in [2.75, 3.05) is 25.7 Å². The van der Waals surface area contributed by atoms with Crippen LogP contribution >= 0.6 is 0 Å². The van der Waals surface area contributed by atoms with E-state index in [1.54, 1.807) is 14.2 Å². The Hall–Kier alpha value is -1.46. The molecule has 0 aromatic heterocycles. The number of hydrogen-bond acceptors (Lipinski definition) is 3. The van der Waals surface area contributed by atoms with Crippen molar-refractivity contribution in [1.82, 2.24) is 0 Å². The fourth-order valence-electron chi connectivity index (χ4n) is 1.68. The van der Waals surface area contributed by atoms with Crippen LogP contribution in [-0.2, 0) is 16.1 Å². The number of aliphatic hydroxyl groups is 1. The van der Waals surface area contributed by atoms with E-state index in [4.69, 9.17) is 9.84 Å². The summed E-state index contributed by atoms with van der Waals surface area (Å²) in [6.45, 7) is 0.221. The Morgan fingerprint density at radius 3 is 2.83 bits per heavy atom. The smallest absolute Gasteiger partial charge is 0.226 e. The maximum absolute atomic E-state index is 13.0. The Morgan fingerprint density at radius 2 is 2.22 bits per heavy atom. The van der Waals surface area contributed by atoms with Crippen LogP contribution in [0.3, 0.4) is 0 Å². The lowest BCUT2D eigenvalue weighted by atomic mass is 10.1. The van der Waals surface area contributed by atoms with Crippen molar-refractivity contribution in [3.63, 3.8) is 0 Å². The predicted octanol–water partition coefficient (Wildman–Crippen LogP) is 1.71. The number of ether oxygens (including phenoxy) is 1. The molecule has 100 valence electrons. The number of methoxy groups -OCH3 is 1. The molecule has 0 atom stereocenters. The van der Waals surface area contributed by atoms with Gasteiger partial charge in [-0.05, 0) is 24.6 Å². The van der Waals surface area contributed by atoms with Crippen LogP contribution in [0.4, 0.5) is 10.1 Å². The third-order valence-electron chi connectivity index (χ3n) is 2.69. The van der Waals surface area contributed by atoms with Crippen LogP contribution in [0.2, 0.25) is 0 Å². The predicted molar refractivity (Wildman–Crippen MR) is 66.8 cm³/mol. The van der Waals surface area contributed by atoms with Gasteiger partial charge in [0.1, 0.15) is 5.82 Å². The molecule has 1 aromatic carbocycles. The molecule has 0 bridgehead atoms. The molecule has 18 heavy (non-hydrogen) atoms. The Bertz CT molecular complexity index is 409. The van der Waals surface area contributed by atoms with Gasteiger partial charge in [0, 0.05) is 38.4 Å². The molecular weight excluding hydrogens is 237 g/mol. The summed E-state index contributed by atoms with van der Waals surface area (Å²) in [5, 5.41) is 9.16. The van der Waals surface area contributed by atoms with E-state index in [1.807, 2.05) is 0 Å². The number of hydrogen-bond donors (Lipinski definition) is 1. The van der Waals surface area contributed by atoms with Crippen LogP contribution in [0.5, 0.6) is 0 Å². The molecule has 0 unspecified atom stereocenters. The summed E-state index contributed by atoms with van der Waals surface area (Å²) in [7, 11) is 3.19. The molecule has 0 heterocycles. The van der Waals surface area contributed by atoms with Crippen molar-refractivity contribution in [3.8, 4) is 0 Å². The second-order valence-electron chi connectivity index (χ2n) is 3.98. The molecule has 0 radical (unpaired) electrons. The quantitative estimate of drug-likeness (QED) is 0.787. The highest BCUT2D eigenvalue weighted by Gasteiger charge is 2.14. The topological polar surface area (TPSA) is 49.8 Å². The first-order valence-corrected chi connectivity index (χ1v) is 5.75. The SMILES string of the molecule is COCCCC(=O)N(C)c1ccc(F)cc1CO. The molecule has 0 aliphatic heterocycles. The number of aliphatic hydroxyl groups excluding tert-OH is 1. The van der Waals surface area contributed by atoms with Gasteiger partial charge in [-0.2, -0.15) is 0 Å². The van der Waals surface area contributed by atoms with Gasteiger partial charge in [-0.3, -0.25) is 4.79 Å². The zero-order valence-corrected chi connectivity index (χ0v) is 10.6. The lowest BCUT2D eigenvalue weighted by Crippen LogP contribution is -2.27. The van der Waals surface area contributed by atoms with Crippen molar-refractivity contribution in [3.05, 3.63) is 29.6 Å². The first-order chi connectivity index (χ1) is 8.60. The van der Waals surface area contributed by atoms with Gasteiger partial charge < -0.3 is 14.7 Å². The molecule has 5 heteroatoms. The van der Waals surface area contributed by atoms with E-state index in [9.17, 15) is 9.18 Å². The van der Waals surface area contributed by atoms with E-state index >= 15 is 0 Å². The molecular formula is C13H18FNO3. The van der Waals surface area contributed by atoms with E-state index in [0.717, 1.165) is 0 Å². The average Bonchev–Trinajstić information content (AvgIpc) is 2.37. The van der Waals surface area contributed by atoms with Gasteiger partial charge in [0.2, 0.25) is 5.91 Å². The van der Waals surface area contributed by atoms with Crippen molar-refractivity contribution in [2.24, 2.45) is 0 Å². The molecule has 1 amide bonds. The van der Waals surface area contributed by atoms with Crippen molar-refractivity contribution in [1.29, 1.82) is 0 Å². The van der Waals surface area contributed by atoms with Crippen molar-refractivity contribution in [2.45, 2.75) is 19.4 Å². The number of rotatable bonds is 6. The van der Waals surface area contributed by atoms with E-state index in [0.29, 0.717) is 30.7 Å². The normalized spacial score (nSPS) is 10.4. The number of anilines is 1. The second-order valence-corrected chi connectivity index (χ2v) is 3.98. The van der Waals surface area contributed by atoms with Gasteiger partial charge in [0.25, 0.3) is 0 Å². The Morgan fingerprint density at radius 1 is 1.50 bits per heavy atom. The molecule has 0 saturated carbocycles. The van der Waals surface area contributed by atoms with E-state index in [2.05, 4.69) is 0 Å². The number of benzene rings is 1. The molecule has 0 aliphatic carbocycles. The number of carbonyl (C=O) groups is 1. The molecule has 1 rings (SSSR count). The minimum Gasteiger partial charge on any atom is -0.392 e. The summed E-state index contributed by atoms with van der Waals surface area (Å²) in [6, 6.07) is 4.00. The first kappa shape index (κ1) is 14.6. The summed E-state index contributed by atoms with van der Waals surface area (Å²) in [4.78, 5) is 13.3. The number of nitrogens with zero attached hydrogens (tertiary/aromatic N) is 1. The van der Waals surface area contributed by atoms with E-state index in [-0.39, 0.29) is 12.5 Å². The Kier molecular flexibility index (Phi) is 5.74. The number of amides is 1. The average molecular weight is 255 g/mol. The molecule has 0 saturated heterocycles. The molecule has 0 aliphatic rings. The minimum atomic E-state index is -0.428. The summed E-state index contributed by atoms with van der Waals surface area (Å²) < 4.78 is 17.9. The maximum Gasteiger partial charge on any atom is 0.226 e. The van der Waals surface area contributed by atoms with Crippen LogP contribution in [0.15, 0.2) is 18.2 Å². The van der Waals surface area contributed by atoms with E-state index in [1.165, 1.54) is 23.1 Å². The van der Waals surface area contributed by atoms with Gasteiger partial charge >= 0.3 is 0 Å². The van der Waals surface area contributed by atoms with Gasteiger partial charge in [0.05, 0.1) is 6.61 Å². The third-order valence-corrected chi connectivity index (χ3v) is 2.69. The van der Waals surface area contributed by atoms with Gasteiger partial charge in [0.15, 0.2) is 0 Å². The standard InChI is InChI=1S/C13H18FNO3/c1-15(13(17)4-3-7-18-2)12-6-5-11(14)8-10(12)9-16/h5-6,8,16H,3-4,7,9H2,1-2H3. The largest absolute Gasteiger partial charge is 0.392 e. The third kappa shape index (κ3) is 3.78. The minimum absolute atomic E-state index is 0.0895. The lowest BCUT2D eigenvalue weighted by molar-refractivity contribution is -0.118.